The van der Waals surface area contributed by atoms with Crippen LogP contribution >= 0.6 is 0 Å². The number of benzene rings is 3. The predicted octanol–water partition coefficient (Wildman–Crippen LogP) is 4.46. The maximum Gasteiger partial charge on any atom is 0.262 e. The fraction of sp³-hybridized carbons (Fsp3) is 0.269. The van der Waals surface area contributed by atoms with E-state index in [9.17, 15) is 4.79 Å². The first-order chi connectivity index (χ1) is 15.7. The van der Waals surface area contributed by atoms with E-state index in [1.807, 2.05) is 55.5 Å². The minimum atomic E-state index is -0.185. The Morgan fingerprint density at radius 3 is 2.38 bits per heavy atom. The molecule has 1 heterocycles. The van der Waals surface area contributed by atoms with E-state index in [4.69, 9.17) is 9.47 Å². The Labute approximate surface area is 189 Å². The standard InChI is InChI=1S/C26H29N3O3/c1-20-6-8-23(9-7-20)28-26(30)19-32-25-5-3-2-4-21(25)18-27-22-10-12-24(13-11-22)29-14-16-31-17-15-29/h2-13,27H,14-19H2,1H3,(H,28,30). The van der Waals surface area contributed by atoms with Gasteiger partial charge in [-0.2, -0.15) is 0 Å². The molecule has 1 aliphatic rings. The highest BCUT2D eigenvalue weighted by Gasteiger charge is 2.11. The van der Waals surface area contributed by atoms with Crippen molar-refractivity contribution in [3.05, 3.63) is 83.9 Å². The van der Waals surface area contributed by atoms with E-state index < -0.39 is 0 Å². The van der Waals surface area contributed by atoms with Crippen LogP contribution in [0.25, 0.3) is 0 Å². The molecule has 6 nitrogen and oxygen atoms in total. The van der Waals surface area contributed by atoms with Gasteiger partial charge in [0.2, 0.25) is 0 Å². The van der Waals surface area contributed by atoms with Gasteiger partial charge < -0.3 is 25.0 Å². The van der Waals surface area contributed by atoms with E-state index in [0.29, 0.717) is 12.3 Å². The number of aryl methyl sites for hydroxylation is 1. The van der Waals surface area contributed by atoms with Gasteiger partial charge in [0.1, 0.15) is 5.75 Å². The molecule has 166 valence electrons. The monoisotopic (exact) mass is 431 g/mol. The first-order valence-electron chi connectivity index (χ1n) is 10.9. The molecule has 0 unspecified atom stereocenters. The quantitative estimate of drug-likeness (QED) is 0.551. The van der Waals surface area contributed by atoms with Crippen LogP contribution in [0.5, 0.6) is 5.75 Å². The first-order valence-corrected chi connectivity index (χ1v) is 10.9. The first kappa shape index (κ1) is 21.7. The van der Waals surface area contributed by atoms with Gasteiger partial charge in [-0.1, -0.05) is 35.9 Å². The van der Waals surface area contributed by atoms with Crippen molar-refractivity contribution in [2.45, 2.75) is 13.5 Å². The zero-order chi connectivity index (χ0) is 22.2. The second-order valence-electron chi connectivity index (χ2n) is 7.81. The Balaban J connectivity index is 1.30. The van der Waals surface area contributed by atoms with Crippen LogP contribution < -0.4 is 20.3 Å². The summed E-state index contributed by atoms with van der Waals surface area (Å²) in [6.45, 7) is 5.98. The molecular weight excluding hydrogens is 402 g/mol. The minimum absolute atomic E-state index is 0.0425. The Morgan fingerprint density at radius 1 is 0.938 bits per heavy atom. The van der Waals surface area contributed by atoms with E-state index in [1.54, 1.807) is 0 Å². The maximum absolute atomic E-state index is 12.3. The fourth-order valence-electron chi connectivity index (χ4n) is 3.58. The highest BCUT2D eigenvalue weighted by molar-refractivity contribution is 5.91. The lowest BCUT2D eigenvalue weighted by Gasteiger charge is -2.29. The third-order valence-electron chi connectivity index (χ3n) is 5.39. The van der Waals surface area contributed by atoms with Crippen molar-refractivity contribution >= 4 is 23.0 Å². The number of carbonyl (C=O) groups excluding carboxylic acids is 1. The summed E-state index contributed by atoms with van der Waals surface area (Å²) in [7, 11) is 0. The number of amides is 1. The van der Waals surface area contributed by atoms with E-state index in [1.165, 1.54) is 5.69 Å². The lowest BCUT2D eigenvalue weighted by molar-refractivity contribution is -0.118. The fourth-order valence-corrected chi connectivity index (χ4v) is 3.58. The summed E-state index contributed by atoms with van der Waals surface area (Å²) in [4.78, 5) is 14.6. The highest BCUT2D eigenvalue weighted by Crippen LogP contribution is 2.22. The minimum Gasteiger partial charge on any atom is -0.483 e. The van der Waals surface area contributed by atoms with Crippen molar-refractivity contribution in [3.8, 4) is 5.75 Å². The molecule has 1 saturated heterocycles. The molecular formula is C26H29N3O3. The second kappa shape index (κ2) is 10.7. The lowest BCUT2D eigenvalue weighted by Crippen LogP contribution is -2.36. The molecule has 0 radical (unpaired) electrons. The van der Waals surface area contributed by atoms with Gasteiger partial charge >= 0.3 is 0 Å². The smallest absolute Gasteiger partial charge is 0.262 e. The van der Waals surface area contributed by atoms with E-state index in [2.05, 4.69) is 39.8 Å². The number of para-hydroxylation sites is 1. The molecule has 4 rings (SSSR count). The van der Waals surface area contributed by atoms with Crippen molar-refractivity contribution in [1.29, 1.82) is 0 Å². The number of anilines is 3. The largest absolute Gasteiger partial charge is 0.483 e. The molecule has 2 N–H and O–H groups in total. The summed E-state index contributed by atoms with van der Waals surface area (Å²) in [5.74, 6) is 0.513. The van der Waals surface area contributed by atoms with Crippen molar-refractivity contribution in [2.75, 3.05) is 48.4 Å². The van der Waals surface area contributed by atoms with Gasteiger partial charge in [0.05, 0.1) is 13.2 Å². The Kier molecular flexibility index (Phi) is 7.25. The van der Waals surface area contributed by atoms with Crippen LogP contribution in [0.1, 0.15) is 11.1 Å². The molecule has 0 atom stereocenters. The van der Waals surface area contributed by atoms with Crippen molar-refractivity contribution < 1.29 is 14.3 Å². The van der Waals surface area contributed by atoms with E-state index >= 15 is 0 Å². The van der Waals surface area contributed by atoms with Gasteiger partial charge in [0, 0.05) is 42.3 Å². The number of nitrogens with one attached hydrogen (secondary N) is 2. The van der Waals surface area contributed by atoms with Crippen LogP contribution in [0.4, 0.5) is 17.1 Å². The van der Waals surface area contributed by atoms with E-state index in [-0.39, 0.29) is 12.5 Å². The molecule has 32 heavy (non-hydrogen) atoms. The molecule has 1 aliphatic heterocycles. The number of carbonyl (C=O) groups is 1. The van der Waals surface area contributed by atoms with Crippen LogP contribution in [-0.4, -0.2) is 38.8 Å². The van der Waals surface area contributed by atoms with Crippen molar-refractivity contribution in [3.63, 3.8) is 0 Å². The number of rotatable bonds is 8. The normalized spacial score (nSPS) is 13.5. The van der Waals surface area contributed by atoms with Crippen molar-refractivity contribution in [2.24, 2.45) is 0 Å². The molecule has 1 amide bonds. The molecule has 0 bridgehead atoms. The molecule has 0 aromatic heterocycles. The van der Waals surface area contributed by atoms with Crippen LogP contribution in [0, 0.1) is 6.92 Å². The van der Waals surface area contributed by atoms with Gasteiger partial charge in [0.15, 0.2) is 6.61 Å². The average Bonchev–Trinajstić information content (AvgIpc) is 2.84. The van der Waals surface area contributed by atoms with Crippen LogP contribution in [0.3, 0.4) is 0 Å². The SMILES string of the molecule is Cc1ccc(NC(=O)COc2ccccc2CNc2ccc(N3CCOCC3)cc2)cc1. The Morgan fingerprint density at radius 2 is 1.62 bits per heavy atom. The topological polar surface area (TPSA) is 62.8 Å². The molecule has 3 aromatic rings. The van der Waals surface area contributed by atoms with Gasteiger partial charge in [0.25, 0.3) is 5.91 Å². The summed E-state index contributed by atoms with van der Waals surface area (Å²) in [5, 5.41) is 6.30. The molecule has 1 fully saturated rings. The number of ether oxygens (including phenoxy) is 2. The van der Waals surface area contributed by atoms with E-state index in [0.717, 1.165) is 48.8 Å². The van der Waals surface area contributed by atoms with Crippen LogP contribution in [0.15, 0.2) is 72.8 Å². The second-order valence-corrected chi connectivity index (χ2v) is 7.81. The highest BCUT2D eigenvalue weighted by atomic mass is 16.5. The van der Waals surface area contributed by atoms with Gasteiger partial charge in [-0.25, -0.2) is 0 Å². The maximum atomic E-state index is 12.3. The lowest BCUT2D eigenvalue weighted by atomic mass is 10.2. The van der Waals surface area contributed by atoms with Gasteiger partial charge in [-0.15, -0.1) is 0 Å². The van der Waals surface area contributed by atoms with Crippen LogP contribution in [-0.2, 0) is 16.1 Å². The zero-order valence-corrected chi connectivity index (χ0v) is 18.3. The zero-order valence-electron chi connectivity index (χ0n) is 18.3. The molecule has 0 aliphatic carbocycles. The number of hydrogen-bond acceptors (Lipinski definition) is 5. The summed E-state index contributed by atoms with van der Waals surface area (Å²) in [5.41, 5.74) is 5.15. The summed E-state index contributed by atoms with van der Waals surface area (Å²) in [6, 6.07) is 23.9. The number of morpholine rings is 1. The summed E-state index contributed by atoms with van der Waals surface area (Å²) < 4.78 is 11.2. The summed E-state index contributed by atoms with van der Waals surface area (Å²) >= 11 is 0. The Bertz CT molecular complexity index is 1010. The number of hydrogen-bond donors (Lipinski definition) is 2. The van der Waals surface area contributed by atoms with Crippen molar-refractivity contribution in [1.82, 2.24) is 0 Å². The van der Waals surface area contributed by atoms with Gasteiger partial charge in [-0.3, -0.25) is 4.79 Å². The molecule has 3 aromatic carbocycles. The molecule has 0 spiro atoms. The van der Waals surface area contributed by atoms with Crippen LogP contribution in [0.2, 0.25) is 0 Å². The predicted molar refractivity (Wildman–Crippen MR) is 129 cm³/mol. The number of nitrogens with zero attached hydrogens (tertiary/aromatic N) is 1. The molecule has 6 heteroatoms. The third-order valence-corrected chi connectivity index (χ3v) is 5.39. The Hall–Kier alpha value is -3.51. The average molecular weight is 432 g/mol. The summed E-state index contributed by atoms with van der Waals surface area (Å²) in [6.07, 6.45) is 0. The third kappa shape index (κ3) is 6.02. The molecule has 0 saturated carbocycles. The van der Waals surface area contributed by atoms with Gasteiger partial charge in [-0.05, 0) is 49.4 Å².